The van der Waals surface area contributed by atoms with Gasteiger partial charge in [-0.25, -0.2) is 4.39 Å². The number of halogens is 1. The first kappa shape index (κ1) is 13.1. The molecule has 3 N–H and O–H groups in total. The third-order valence-corrected chi connectivity index (χ3v) is 3.92. The van der Waals surface area contributed by atoms with Gasteiger partial charge < -0.3 is 20.3 Å². The van der Waals surface area contributed by atoms with Crippen molar-refractivity contribution in [2.45, 2.75) is 43.2 Å². The highest BCUT2D eigenvalue weighted by Crippen LogP contribution is 2.36. The predicted molar refractivity (Wildman–Crippen MR) is 63.8 cm³/mol. The van der Waals surface area contributed by atoms with Crippen molar-refractivity contribution in [3.8, 4) is 0 Å². The van der Waals surface area contributed by atoms with Crippen LogP contribution in [0.15, 0.2) is 4.99 Å². The lowest BCUT2D eigenvalue weighted by atomic mass is 10.0. The van der Waals surface area contributed by atoms with E-state index in [-0.39, 0.29) is 6.61 Å². The summed E-state index contributed by atoms with van der Waals surface area (Å²) in [6, 6.07) is -0.683. The van der Waals surface area contributed by atoms with Crippen molar-refractivity contribution in [2.75, 3.05) is 13.2 Å². The van der Waals surface area contributed by atoms with E-state index in [0.29, 0.717) is 5.17 Å². The summed E-state index contributed by atoms with van der Waals surface area (Å²) in [5, 5.41) is 22.3. The molecule has 2 aliphatic rings. The van der Waals surface area contributed by atoms with Gasteiger partial charge in [-0.15, -0.1) is 0 Å². The molecule has 0 unspecified atom stereocenters. The van der Waals surface area contributed by atoms with Crippen LogP contribution in [-0.4, -0.2) is 58.4 Å². The van der Waals surface area contributed by atoms with Crippen LogP contribution in [0.3, 0.4) is 0 Å². The minimum absolute atomic E-state index is 0.386. The van der Waals surface area contributed by atoms with Crippen molar-refractivity contribution in [1.29, 1.82) is 0 Å². The van der Waals surface area contributed by atoms with Crippen molar-refractivity contribution in [3.63, 3.8) is 0 Å². The van der Waals surface area contributed by atoms with Gasteiger partial charge in [-0.2, -0.15) is 0 Å². The van der Waals surface area contributed by atoms with Crippen molar-refractivity contribution in [2.24, 2.45) is 4.99 Å². The second-order valence-electron chi connectivity index (χ2n) is 4.13. The highest BCUT2D eigenvalue weighted by Gasteiger charge is 2.49. The molecule has 1 saturated heterocycles. The molecule has 0 aliphatic carbocycles. The van der Waals surface area contributed by atoms with E-state index in [1.807, 2.05) is 6.92 Å². The zero-order valence-electron chi connectivity index (χ0n) is 9.54. The predicted octanol–water partition coefficient (Wildman–Crippen LogP) is -0.126. The van der Waals surface area contributed by atoms with E-state index in [1.54, 1.807) is 0 Å². The fourth-order valence-corrected chi connectivity index (χ4v) is 3.00. The van der Waals surface area contributed by atoms with Gasteiger partial charge in [0.05, 0.1) is 6.61 Å². The minimum atomic E-state index is -1.49. The van der Waals surface area contributed by atoms with E-state index in [9.17, 15) is 9.50 Å². The van der Waals surface area contributed by atoms with Crippen LogP contribution in [0.4, 0.5) is 4.39 Å². The van der Waals surface area contributed by atoms with Crippen LogP contribution in [-0.2, 0) is 4.74 Å². The lowest BCUT2D eigenvalue weighted by Gasteiger charge is -2.36. The molecule has 2 heterocycles. The molecule has 0 aromatic heterocycles. The molecule has 0 amide bonds. The van der Waals surface area contributed by atoms with Gasteiger partial charge in [-0.3, -0.25) is 4.99 Å². The first-order valence-electron chi connectivity index (χ1n) is 5.74. The number of aliphatic hydroxyl groups excluding tert-OH is 2. The molecule has 7 heteroatoms. The van der Waals surface area contributed by atoms with Crippen molar-refractivity contribution in [1.82, 2.24) is 5.32 Å². The van der Waals surface area contributed by atoms with Gasteiger partial charge in [-0.05, 0) is 6.42 Å². The Morgan fingerprint density at radius 3 is 3.00 bits per heavy atom. The maximum Gasteiger partial charge on any atom is 0.159 e. The Morgan fingerprint density at radius 2 is 2.35 bits per heavy atom. The lowest BCUT2D eigenvalue weighted by molar-refractivity contribution is -0.144. The lowest BCUT2D eigenvalue weighted by Crippen LogP contribution is -2.53. The Hall–Kier alpha value is -0.370. The summed E-state index contributed by atoms with van der Waals surface area (Å²) >= 11 is 1.31. The Labute approximate surface area is 103 Å². The molecule has 0 aromatic rings. The maximum absolute atomic E-state index is 13.9. The molecule has 0 radical (unpaired) electrons. The second kappa shape index (κ2) is 5.51. The normalized spacial score (nSPS) is 40.9. The van der Waals surface area contributed by atoms with Crippen LogP contribution in [0.2, 0.25) is 0 Å². The molecule has 98 valence electrons. The van der Waals surface area contributed by atoms with E-state index < -0.39 is 29.9 Å². The summed E-state index contributed by atoms with van der Waals surface area (Å²) < 4.78 is 19.3. The summed E-state index contributed by atoms with van der Waals surface area (Å²) in [5.74, 6) is 0. The van der Waals surface area contributed by atoms with Crippen LogP contribution < -0.4 is 5.32 Å². The molecular formula is C10H17FN2O3S. The summed E-state index contributed by atoms with van der Waals surface area (Å²) in [4.78, 5) is 4.17. The average molecular weight is 264 g/mol. The van der Waals surface area contributed by atoms with Crippen molar-refractivity contribution >= 4 is 16.9 Å². The van der Waals surface area contributed by atoms with E-state index >= 15 is 0 Å². The molecule has 0 aromatic carbocycles. The highest BCUT2D eigenvalue weighted by molar-refractivity contribution is 8.14. The second-order valence-corrected chi connectivity index (χ2v) is 5.22. The molecule has 1 fully saturated rings. The number of hydrogen-bond donors (Lipinski definition) is 3. The SMILES string of the molecule is CCCNC1=N[C@@H]2[C@H](F)[C@H](O)[C@@H](CO)O[C@@H]2S1. The summed E-state index contributed by atoms with van der Waals surface area (Å²) in [5.41, 5.74) is -0.454. The number of aliphatic hydroxyl groups is 2. The van der Waals surface area contributed by atoms with Gasteiger partial charge in [0.1, 0.15) is 23.7 Å². The number of ether oxygens (including phenoxy) is 1. The molecule has 2 aliphatic heterocycles. The molecule has 2 rings (SSSR count). The molecule has 0 spiro atoms. The van der Waals surface area contributed by atoms with E-state index in [1.165, 1.54) is 11.8 Å². The number of aliphatic imine (C=N–C) groups is 1. The van der Waals surface area contributed by atoms with Gasteiger partial charge in [0.2, 0.25) is 0 Å². The van der Waals surface area contributed by atoms with E-state index in [2.05, 4.69) is 10.3 Å². The molecular weight excluding hydrogens is 247 g/mol. The standard InChI is InChI=1S/C10H17FN2O3S/c1-2-3-12-10-13-7-6(11)8(15)5(4-14)16-9(7)17-10/h5-9,14-15H,2-4H2,1H3,(H,12,13)/t5-,6+,7-,8-,9-/m1/s1. The molecule has 17 heavy (non-hydrogen) atoms. The van der Waals surface area contributed by atoms with Crippen LogP contribution in [0, 0.1) is 0 Å². The third kappa shape index (κ3) is 2.57. The summed E-state index contributed by atoms with van der Waals surface area (Å²) in [6.07, 6.45) is -2.70. The number of nitrogens with one attached hydrogen (secondary N) is 1. The minimum Gasteiger partial charge on any atom is -0.394 e. The van der Waals surface area contributed by atoms with Gasteiger partial charge in [0.25, 0.3) is 0 Å². The van der Waals surface area contributed by atoms with Gasteiger partial charge >= 0.3 is 0 Å². The number of rotatable bonds is 3. The Morgan fingerprint density at radius 1 is 1.59 bits per heavy atom. The largest absolute Gasteiger partial charge is 0.394 e. The van der Waals surface area contributed by atoms with Crippen molar-refractivity contribution in [3.05, 3.63) is 0 Å². The van der Waals surface area contributed by atoms with E-state index in [4.69, 9.17) is 9.84 Å². The Bertz CT molecular complexity index is 305. The molecule has 5 nitrogen and oxygen atoms in total. The number of alkyl halides is 1. The fraction of sp³-hybridized carbons (Fsp3) is 0.900. The van der Waals surface area contributed by atoms with Gasteiger partial charge in [0, 0.05) is 6.54 Å². The number of hydrogen-bond acceptors (Lipinski definition) is 6. The zero-order chi connectivity index (χ0) is 12.4. The topological polar surface area (TPSA) is 74.1 Å². The monoisotopic (exact) mass is 264 g/mol. The first-order valence-corrected chi connectivity index (χ1v) is 6.62. The maximum atomic E-state index is 13.9. The van der Waals surface area contributed by atoms with Crippen LogP contribution in [0.5, 0.6) is 0 Å². The Kier molecular flexibility index (Phi) is 4.24. The fourth-order valence-electron chi connectivity index (χ4n) is 1.87. The van der Waals surface area contributed by atoms with Crippen molar-refractivity contribution < 1.29 is 19.3 Å². The zero-order valence-corrected chi connectivity index (χ0v) is 10.4. The van der Waals surface area contributed by atoms with E-state index in [0.717, 1.165) is 13.0 Å². The number of fused-ring (bicyclic) bond motifs is 1. The molecule has 0 bridgehead atoms. The van der Waals surface area contributed by atoms with Crippen LogP contribution in [0.25, 0.3) is 0 Å². The average Bonchev–Trinajstić information content (AvgIpc) is 2.74. The highest BCUT2D eigenvalue weighted by atomic mass is 32.2. The Balaban J connectivity index is 2.01. The third-order valence-electron chi connectivity index (χ3n) is 2.82. The number of amidine groups is 1. The van der Waals surface area contributed by atoms with Gasteiger partial charge in [0.15, 0.2) is 11.3 Å². The van der Waals surface area contributed by atoms with Crippen LogP contribution >= 0.6 is 11.8 Å². The number of nitrogens with zero attached hydrogens (tertiary/aromatic N) is 1. The molecule has 5 atom stereocenters. The smallest absolute Gasteiger partial charge is 0.159 e. The summed E-state index contributed by atoms with van der Waals surface area (Å²) in [6.45, 7) is 2.41. The first-order chi connectivity index (χ1) is 8.17. The van der Waals surface area contributed by atoms with Crippen LogP contribution in [0.1, 0.15) is 13.3 Å². The quantitative estimate of drug-likeness (QED) is 0.662. The van der Waals surface area contributed by atoms with Gasteiger partial charge in [-0.1, -0.05) is 18.7 Å². The molecule has 0 saturated carbocycles. The number of thioether (sulfide) groups is 1. The summed E-state index contributed by atoms with van der Waals surface area (Å²) in [7, 11) is 0.